The second kappa shape index (κ2) is 4.89. The molecule has 0 aliphatic carbocycles. The zero-order valence-corrected chi connectivity index (χ0v) is 9.36. The fraction of sp³-hybridized carbons (Fsp3) is 0.500. The number of aromatic nitrogens is 3. The molecule has 0 aliphatic heterocycles. The van der Waals surface area contributed by atoms with Gasteiger partial charge in [-0.05, 0) is 0 Å². The topological polar surface area (TPSA) is 114 Å². The van der Waals surface area contributed by atoms with Crippen LogP contribution in [0.3, 0.4) is 0 Å². The number of alkyl halides is 3. The largest absolute Gasteiger partial charge is 0.511 e. The van der Waals surface area contributed by atoms with E-state index in [0.717, 1.165) is 10.9 Å². The van der Waals surface area contributed by atoms with Gasteiger partial charge in [-0.25, -0.2) is 17.8 Å². The van der Waals surface area contributed by atoms with Gasteiger partial charge in [0, 0.05) is 0 Å². The van der Waals surface area contributed by atoms with Gasteiger partial charge in [-0.1, -0.05) is 5.21 Å². The first-order valence-corrected chi connectivity index (χ1v) is 5.77. The third kappa shape index (κ3) is 3.66. The molecule has 0 aromatic carbocycles. The van der Waals surface area contributed by atoms with Crippen molar-refractivity contribution in [3.8, 4) is 0 Å². The molecule has 0 spiro atoms. The van der Waals surface area contributed by atoms with Crippen molar-refractivity contribution < 1.29 is 31.5 Å². The minimum atomic E-state index is -5.45. The Hall–Kier alpha value is -1.69. The first kappa shape index (κ1) is 14.4. The molecule has 0 saturated carbocycles. The summed E-state index contributed by atoms with van der Waals surface area (Å²) >= 11 is 0. The van der Waals surface area contributed by atoms with E-state index in [9.17, 15) is 26.4 Å². The molecule has 0 amide bonds. The molecule has 1 aromatic rings. The average Bonchev–Trinajstić information content (AvgIpc) is 2.60. The van der Waals surface area contributed by atoms with Gasteiger partial charge in [0.25, 0.3) is 0 Å². The Morgan fingerprint density at radius 2 is 2.11 bits per heavy atom. The minimum absolute atomic E-state index is 0.135. The molecular formula is C6H7F3N4O4S. The van der Waals surface area contributed by atoms with E-state index in [-0.39, 0.29) is 5.69 Å². The number of rotatable bonds is 5. The molecule has 0 unspecified atom stereocenters. The summed E-state index contributed by atoms with van der Waals surface area (Å²) in [6.45, 7) is -1.26. The van der Waals surface area contributed by atoms with Crippen molar-refractivity contribution in [1.82, 2.24) is 19.7 Å². The van der Waals surface area contributed by atoms with Crippen molar-refractivity contribution in [1.29, 1.82) is 0 Å². The van der Waals surface area contributed by atoms with E-state index >= 15 is 0 Å². The Labute approximate surface area is 98.4 Å². The van der Waals surface area contributed by atoms with Gasteiger partial charge in [0.1, 0.15) is 6.54 Å². The summed E-state index contributed by atoms with van der Waals surface area (Å²) in [5, 5.41) is 15.0. The van der Waals surface area contributed by atoms with Crippen molar-refractivity contribution in [3.63, 3.8) is 0 Å². The third-order valence-electron chi connectivity index (χ3n) is 1.63. The van der Waals surface area contributed by atoms with E-state index in [1.807, 2.05) is 0 Å². The number of carbonyl (C=O) groups is 1. The molecule has 0 saturated heterocycles. The lowest BCUT2D eigenvalue weighted by Gasteiger charge is -2.07. The Morgan fingerprint density at radius 1 is 1.50 bits per heavy atom. The van der Waals surface area contributed by atoms with Crippen molar-refractivity contribution in [2.45, 2.75) is 18.6 Å². The van der Waals surface area contributed by atoms with Gasteiger partial charge in [0.2, 0.25) is 0 Å². The third-order valence-corrected chi connectivity index (χ3v) is 2.77. The lowest BCUT2D eigenvalue weighted by Crippen LogP contribution is -2.36. The normalized spacial score (nSPS) is 12.6. The molecule has 2 N–H and O–H groups in total. The van der Waals surface area contributed by atoms with Crippen LogP contribution in [0.15, 0.2) is 6.20 Å². The van der Waals surface area contributed by atoms with Gasteiger partial charge < -0.3 is 5.11 Å². The number of nitrogens with zero attached hydrogens (tertiary/aromatic N) is 3. The Bertz CT molecular complexity index is 537. The molecule has 0 aliphatic rings. The predicted octanol–water partition coefficient (Wildman–Crippen LogP) is -0.698. The maximum Gasteiger partial charge on any atom is 0.511 e. The Morgan fingerprint density at radius 3 is 2.61 bits per heavy atom. The second-order valence-corrected chi connectivity index (χ2v) is 4.83. The summed E-state index contributed by atoms with van der Waals surface area (Å²) in [6, 6.07) is 0. The van der Waals surface area contributed by atoms with Gasteiger partial charge in [-0.2, -0.15) is 13.2 Å². The quantitative estimate of drug-likeness (QED) is 0.740. The van der Waals surface area contributed by atoms with Crippen LogP contribution in [0.4, 0.5) is 13.2 Å². The number of carboxylic acids is 1. The number of hydrogen-bond acceptors (Lipinski definition) is 5. The van der Waals surface area contributed by atoms with Crippen LogP contribution in [0.5, 0.6) is 0 Å². The van der Waals surface area contributed by atoms with Crippen molar-refractivity contribution in [3.05, 3.63) is 11.9 Å². The number of nitrogens with one attached hydrogen (secondary N) is 1. The molecule has 8 nitrogen and oxygen atoms in total. The van der Waals surface area contributed by atoms with Crippen LogP contribution in [-0.4, -0.2) is 40.0 Å². The lowest BCUT2D eigenvalue weighted by atomic mass is 10.5. The predicted molar refractivity (Wildman–Crippen MR) is 49.5 cm³/mol. The van der Waals surface area contributed by atoms with Crippen LogP contribution in [0, 0.1) is 0 Å². The summed E-state index contributed by atoms with van der Waals surface area (Å²) in [5.41, 5.74) is -5.55. The number of hydrogen-bond donors (Lipinski definition) is 2. The number of halogens is 3. The van der Waals surface area contributed by atoms with Crippen LogP contribution in [0.1, 0.15) is 5.69 Å². The summed E-state index contributed by atoms with van der Waals surface area (Å²) in [5.74, 6) is -1.22. The fourth-order valence-corrected chi connectivity index (χ4v) is 1.39. The monoisotopic (exact) mass is 288 g/mol. The molecule has 102 valence electrons. The SMILES string of the molecule is O=C(O)Cn1cc(CNS(=O)(=O)C(F)(F)F)nn1. The highest BCUT2D eigenvalue weighted by atomic mass is 32.2. The van der Waals surface area contributed by atoms with Gasteiger partial charge in [-0.15, -0.1) is 5.10 Å². The van der Waals surface area contributed by atoms with Crippen LogP contribution < -0.4 is 4.72 Å². The van der Waals surface area contributed by atoms with Crippen LogP contribution in [0.25, 0.3) is 0 Å². The fourth-order valence-electron chi connectivity index (χ4n) is 0.886. The van der Waals surface area contributed by atoms with Crippen molar-refractivity contribution >= 4 is 16.0 Å². The molecule has 12 heteroatoms. The highest BCUT2D eigenvalue weighted by Crippen LogP contribution is 2.21. The summed E-state index contributed by atoms with van der Waals surface area (Å²) < 4.78 is 59.2. The maximum atomic E-state index is 11.9. The molecule has 1 aromatic heterocycles. The Balaban J connectivity index is 2.65. The maximum absolute atomic E-state index is 11.9. The lowest BCUT2D eigenvalue weighted by molar-refractivity contribution is -0.137. The smallest absolute Gasteiger partial charge is 0.480 e. The van der Waals surface area contributed by atoms with E-state index in [0.29, 0.717) is 0 Å². The number of aliphatic carboxylic acids is 1. The van der Waals surface area contributed by atoms with E-state index in [2.05, 4.69) is 10.3 Å². The van der Waals surface area contributed by atoms with Crippen LogP contribution >= 0.6 is 0 Å². The molecule has 1 heterocycles. The second-order valence-electron chi connectivity index (χ2n) is 3.07. The summed E-state index contributed by atoms with van der Waals surface area (Å²) in [7, 11) is -5.45. The summed E-state index contributed by atoms with van der Waals surface area (Å²) in [4.78, 5) is 10.3. The van der Waals surface area contributed by atoms with Crippen molar-refractivity contribution in [2.75, 3.05) is 0 Å². The molecular weight excluding hydrogens is 281 g/mol. The zero-order valence-electron chi connectivity index (χ0n) is 8.55. The molecule has 18 heavy (non-hydrogen) atoms. The summed E-state index contributed by atoms with van der Waals surface area (Å²) in [6.07, 6.45) is 1.02. The highest BCUT2D eigenvalue weighted by molar-refractivity contribution is 7.90. The average molecular weight is 288 g/mol. The van der Waals surface area contributed by atoms with E-state index in [1.54, 1.807) is 0 Å². The molecule has 0 radical (unpaired) electrons. The standard InChI is InChI=1S/C6H7F3N4O4S/c7-6(8,9)18(16,17)10-1-4-2-13(12-11-4)3-5(14)15/h2,10H,1,3H2,(H,14,15). The first-order valence-electron chi connectivity index (χ1n) is 4.28. The van der Waals surface area contributed by atoms with E-state index < -0.39 is 34.6 Å². The first-order chi connectivity index (χ1) is 8.12. The highest BCUT2D eigenvalue weighted by Gasteiger charge is 2.45. The minimum Gasteiger partial charge on any atom is -0.480 e. The van der Waals surface area contributed by atoms with Gasteiger partial charge in [0.05, 0.1) is 18.4 Å². The van der Waals surface area contributed by atoms with E-state index in [4.69, 9.17) is 5.11 Å². The molecule has 1 rings (SSSR count). The molecule has 0 fully saturated rings. The van der Waals surface area contributed by atoms with E-state index in [1.165, 1.54) is 4.72 Å². The van der Waals surface area contributed by atoms with Crippen molar-refractivity contribution in [2.24, 2.45) is 0 Å². The van der Waals surface area contributed by atoms with Gasteiger partial charge in [-0.3, -0.25) is 4.79 Å². The number of carboxylic acid groups (broad SMARTS) is 1. The molecule has 0 atom stereocenters. The van der Waals surface area contributed by atoms with Crippen LogP contribution in [-0.2, 0) is 27.9 Å². The van der Waals surface area contributed by atoms with Gasteiger partial charge in [0.15, 0.2) is 0 Å². The van der Waals surface area contributed by atoms with Gasteiger partial charge >= 0.3 is 21.5 Å². The number of sulfonamides is 1. The molecule has 0 bridgehead atoms. The zero-order chi connectivity index (χ0) is 14.0. The Kier molecular flexibility index (Phi) is 3.91. The van der Waals surface area contributed by atoms with Crippen LogP contribution in [0.2, 0.25) is 0 Å².